The van der Waals surface area contributed by atoms with Crippen LogP contribution >= 0.6 is 0 Å². The van der Waals surface area contributed by atoms with E-state index in [4.69, 9.17) is 4.42 Å². The van der Waals surface area contributed by atoms with Gasteiger partial charge in [0.1, 0.15) is 11.6 Å². The van der Waals surface area contributed by atoms with Crippen molar-refractivity contribution in [1.29, 1.82) is 0 Å². The van der Waals surface area contributed by atoms with Crippen LogP contribution in [0.5, 0.6) is 0 Å². The summed E-state index contributed by atoms with van der Waals surface area (Å²) in [7, 11) is 0. The number of hydrogen-bond acceptors (Lipinski definition) is 2. The minimum Gasteiger partial charge on any atom is -0.469 e. The Bertz CT molecular complexity index is 493. The average Bonchev–Trinajstić information content (AvgIpc) is 2.83. The predicted octanol–water partition coefficient (Wildman–Crippen LogP) is 3.45. The van der Waals surface area contributed by atoms with E-state index >= 15 is 0 Å². The van der Waals surface area contributed by atoms with Gasteiger partial charge in [-0.3, -0.25) is 0 Å². The lowest BCUT2D eigenvalue weighted by molar-refractivity contribution is 0.456. The second-order valence-corrected chi connectivity index (χ2v) is 4.65. The van der Waals surface area contributed by atoms with Gasteiger partial charge in [0.05, 0.1) is 6.26 Å². The molecule has 1 aromatic heterocycles. The zero-order valence-corrected chi connectivity index (χ0v) is 10.7. The molecular formula is C15H18FNO. The predicted molar refractivity (Wildman–Crippen MR) is 69.9 cm³/mol. The first-order valence-corrected chi connectivity index (χ1v) is 6.16. The van der Waals surface area contributed by atoms with Crippen LogP contribution in [-0.2, 0) is 13.0 Å². The highest BCUT2D eigenvalue weighted by atomic mass is 19.1. The molecule has 0 amide bonds. The maximum atomic E-state index is 13.1. The molecule has 2 nitrogen and oxygen atoms in total. The van der Waals surface area contributed by atoms with E-state index in [0.29, 0.717) is 11.6 Å². The van der Waals surface area contributed by atoms with Gasteiger partial charge in [-0.05, 0) is 43.2 Å². The molecule has 0 saturated heterocycles. The molecule has 0 aliphatic heterocycles. The van der Waals surface area contributed by atoms with Crippen LogP contribution in [0.15, 0.2) is 41.0 Å². The summed E-state index contributed by atoms with van der Waals surface area (Å²) in [4.78, 5) is 0. The van der Waals surface area contributed by atoms with E-state index in [2.05, 4.69) is 12.2 Å². The summed E-state index contributed by atoms with van der Waals surface area (Å²) in [5, 5.41) is 3.40. The van der Waals surface area contributed by atoms with E-state index in [0.717, 1.165) is 24.3 Å². The Balaban J connectivity index is 1.85. The summed E-state index contributed by atoms with van der Waals surface area (Å²) in [6.45, 7) is 4.63. The summed E-state index contributed by atoms with van der Waals surface area (Å²) in [6.07, 6.45) is 2.54. The fraction of sp³-hybridized carbons (Fsp3) is 0.333. The molecule has 1 unspecified atom stereocenters. The Hall–Kier alpha value is -1.61. The van der Waals surface area contributed by atoms with Crippen molar-refractivity contribution in [3.8, 4) is 0 Å². The lowest BCUT2D eigenvalue weighted by Gasteiger charge is -2.12. The van der Waals surface area contributed by atoms with Crippen LogP contribution in [-0.4, -0.2) is 6.04 Å². The van der Waals surface area contributed by atoms with Crippen LogP contribution < -0.4 is 5.32 Å². The molecule has 1 aromatic carbocycles. The summed E-state index contributed by atoms with van der Waals surface area (Å²) in [5.41, 5.74) is 1.79. The van der Waals surface area contributed by atoms with Crippen LogP contribution in [0.2, 0.25) is 0 Å². The minimum absolute atomic E-state index is 0.151. The number of nitrogens with one attached hydrogen (secondary N) is 1. The molecule has 2 aromatic rings. The third-order valence-corrected chi connectivity index (χ3v) is 2.96. The zero-order valence-electron chi connectivity index (χ0n) is 10.7. The number of benzene rings is 1. The summed E-state index contributed by atoms with van der Waals surface area (Å²) < 4.78 is 18.4. The molecule has 2 rings (SSSR count). The zero-order chi connectivity index (χ0) is 13.0. The van der Waals surface area contributed by atoms with Crippen molar-refractivity contribution >= 4 is 0 Å². The molecule has 0 radical (unpaired) electrons. The summed E-state index contributed by atoms with van der Waals surface area (Å²) in [6, 6.07) is 9.40. The van der Waals surface area contributed by atoms with E-state index in [1.807, 2.05) is 24.3 Å². The standard InChI is InChI=1S/C15H18FNO/c1-11-8-13(5-6-15(11)16)10-17-12(2)9-14-4-3-7-18-14/h3-8,12,17H,9-10H2,1-2H3. The Kier molecular flexibility index (Phi) is 4.15. The normalized spacial score (nSPS) is 12.6. The van der Waals surface area contributed by atoms with Crippen LogP contribution in [0.4, 0.5) is 4.39 Å². The lowest BCUT2D eigenvalue weighted by atomic mass is 10.1. The van der Waals surface area contributed by atoms with E-state index in [1.165, 1.54) is 6.07 Å². The van der Waals surface area contributed by atoms with Crippen LogP contribution in [0.1, 0.15) is 23.8 Å². The van der Waals surface area contributed by atoms with Crippen molar-refractivity contribution in [3.63, 3.8) is 0 Å². The number of furan rings is 1. The molecule has 0 spiro atoms. The van der Waals surface area contributed by atoms with Gasteiger partial charge in [-0.25, -0.2) is 4.39 Å². The Labute approximate surface area is 107 Å². The molecule has 18 heavy (non-hydrogen) atoms. The second kappa shape index (κ2) is 5.83. The van der Waals surface area contributed by atoms with Gasteiger partial charge in [-0.2, -0.15) is 0 Å². The number of rotatable bonds is 5. The maximum absolute atomic E-state index is 13.1. The molecule has 0 aliphatic rings. The molecule has 0 bridgehead atoms. The first-order valence-electron chi connectivity index (χ1n) is 6.16. The first kappa shape index (κ1) is 12.8. The Morgan fingerprint density at radius 3 is 2.83 bits per heavy atom. The van der Waals surface area contributed by atoms with Crippen molar-refractivity contribution in [2.45, 2.75) is 32.9 Å². The maximum Gasteiger partial charge on any atom is 0.126 e. The first-order chi connectivity index (χ1) is 8.65. The smallest absolute Gasteiger partial charge is 0.126 e. The highest BCUT2D eigenvalue weighted by Gasteiger charge is 2.06. The molecule has 0 fully saturated rings. The Morgan fingerprint density at radius 2 is 2.17 bits per heavy atom. The SMILES string of the molecule is Cc1cc(CNC(C)Cc2ccco2)ccc1F. The molecule has 3 heteroatoms. The van der Waals surface area contributed by atoms with Gasteiger partial charge in [0.25, 0.3) is 0 Å². The molecular weight excluding hydrogens is 229 g/mol. The van der Waals surface area contributed by atoms with Gasteiger partial charge in [0.15, 0.2) is 0 Å². The summed E-state index contributed by atoms with van der Waals surface area (Å²) in [5.74, 6) is 0.827. The van der Waals surface area contributed by atoms with Crippen molar-refractivity contribution in [3.05, 3.63) is 59.3 Å². The molecule has 0 aliphatic carbocycles. The lowest BCUT2D eigenvalue weighted by Crippen LogP contribution is -2.27. The van der Waals surface area contributed by atoms with Gasteiger partial charge >= 0.3 is 0 Å². The molecule has 1 N–H and O–H groups in total. The monoisotopic (exact) mass is 247 g/mol. The summed E-state index contributed by atoms with van der Waals surface area (Å²) >= 11 is 0. The quantitative estimate of drug-likeness (QED) is 0.875. The number of hydrogen-bond donors (Lipinski definition) is 1. The van der Waals surface area contributed by atoms with Crippen LogP contribution in [0, 0.1) is 12.7 Å². The largest absolute Gasteiger partial charge is 0.469 e. The van der Waals surface area contributed by atoms with Crippen molar-refractivity contribution < 1.29 is 8.81 Å². The topological polar surface area (TPSA) is 25.2 Å². The average molecular weight is 247 g/mol. The van der Waals surface area contributed by atoms with Crippen molar-refractivity contribution in [1.82, 2.24) is 5.32 Å². The van der Waals surface area contributed by atoms with E-state index < -0.39 is 0 Å². The van der Waals surface area contributed by atoms with Gasteiger partial charge in [0, 0.05) is 19.0 Å². The third kappa shape index (κ3) is 3.44. The molecule has 1 heterocycles. The number of aryl methyl sites for hydroxylation is 1. The molecule has 0 saturated carbocycles. The fourth-order valence-corrected chi connectivity index (χ4v) is 1.91. The van der Waals surface area contributed by atoms with Crippen molar-refractivity contribution in [2.24, 2.45) is 0 Å². The highest BCUT2D eigenvalue weighted by molar-refractivity contribution is 5.23. The highest BCUT2D eigenvalue weighted by Crippen LogP contribution is 2.10. The van der Waals surface area contributed by atoms with E-state index in [1.54, 1.807) is 13.2 Å². The molecule has 1 atom stereocenters. The molecule has 96 valence electrons. The van der Waals surface area contributed by atoms with Crippen LogP contribution in [0.3, 0.4) is 0 Å². The second-order valence-electron chi connectivity index (χ2n) is 4.65. The van der Waals surface area contributed by atoms with E-state index in [-0.39, 0.29) is 5.82 Å². The number of halogens is 1. The van der Waals surface area contributed by atoms with E-state index in [9.17, 15) is 4.39 Å². The van der Waals surface area contributed by atoms with Gasteiger partial charge in [0.2, 0.25) is 0 Å². The van der Waals surface area contributed by atoms with Gasteiger partial charge in [-0.15, -0.1) is 0 Å². The van der Waals surface area contributed by atoms with Crippen molar-refractivity contribution in [2.75, 3.05) is 0 Å². The third-order valence-electron chi connectivity index (χ3n) is 2.96. The van der Waals surface area contributed by atoms with Gasteiger partial charge < -0.3 is 9.73 Å². The minimum atomic E-state index is -0.151. The Morgan fingerprint density at radius 1 is 1.33 bits per heavy atom. The van der Waals surface area contributed by atoms with Gasteiger partial charge in [-0.1, -0.05) is 12.1 Å². The van der Waals surface area contributed by atoms with Crippen LogP contribution in [0.25, 0.3) is 0 Å². The fourth-order valence-electron chi connectivity index (χ4n) is 1.91.